The minimum Gasteiger partial charge on any atom is -0.309 e. The molecule has 0 aliphatic heterocycles. The van der Waals surface area contributed by atoms with Crippen molar-refractivity contribution in [3.05, 3.63) is 0 Å². The first kappa shape index (κ1) is 7.31. The summed E-state index contributed by atoms with van der Waals surface area (Å²) in [5.41, 5.74) is 0. The molecule has 0 aliphatic carbocycles. The molecule has 43 valence electrons. The summed E-state index contributed by atoms with van der Waals surface area (Å²) >= 11 is 4.74. The first-order valence-corrected chi connectivity index (χ1v) is 3.08. The molecule has 2 heteroatoms. The highest BCUT2D eigenvalue weighted by Gasteiger charge is 1.84. The summed E-state index contributed by atoms with van der Waals surface area (Å²) < 4.78 is 0. The second-order valence-electron chi connectivity index (χ2n) is 1.86. The van der Waals surface area contributed by atoms with Gasteiger partial charge in [0.15, 0.2) is 0 Å². The van der Waals surface area contributed by atoms with Crippen molar-refractivity contribution in [1.82, 2.24) is 4.90 Å². The van der Waals surface area contributed by atoms with E-state index in [0.717, 1.165) is 18.7 Å². The van der Waals surface area contributed by atoms with Gasteiger partial charge in [0.05, 0.1) is 0 Å². The molecule has 0 saturated carbocycles. The Morgan fingerprint density at radius 2 is 2.00 bits per heavy atom. The maximum Gasteiger partial charge on any atom is 0.00491 e. The molecule has 0 saturated heterocycles. The quantitative estimate of drug-likeness (QED) is 0.537. The molecule has 0 spiro atoms. The van der Waals surface area contributed by atoms with Gasteiger partial charge in [-0.15, -0.1) is 0 Å². The van der Waals surface area contributed by atoms with E-state index < -0.39 is 0 Å². The smallest absolute Gasteiger partial charge is 0.00491 e. The molecule has 0 aliphatic rings. The Hall–Kier alpha value is 0.310. The SMILES string of the molecule is CN(C)CCC[S]. The molecule has 0 aromatic heterocycles. The van der Waals surface area contributed by atoms with E-state index in [1.54, 1.807) is 0 Å². The molecular weight excluding hydrogens is 106 g/mol. The zero-order valence-electron chi connectivity index (χ0n) is 4.98. The summed E-state index contributed by atoms with van der Waals surface area (Å²) in [6.45, 7) is 1.13. The molecule has 1 nitrogen and oxygen atoms in total. The van der Waals surface area contributed by atoms with E-state index in [-0.39, 0.29) is 0 Å². The zero-order chi connectivity index (χ0) is 5.70. The van der Waals surface area contributed by atoms with Gasteiger partial charge in [-0.25, -0.2) is 0 Å². The summed E-state index contributed by atoms with van der Waals surface area (Å²) in [6, 6.07) is 0. The van der Waals surface area contributed by atoms with Crippen molar-refractivity contribution in [2.45, 2.75) is 6.42 Å². The van der Waals surface area contributed by atoms with Crippen LogP contribution < -0.4 is 0 Å². The lowest BCUT2D eigenvalue weighted by Gasteiger charge is -2.05. The van der Waals surface area contributed by atoms with E-state index in [4.69, 9.17) is 12.6 Å². The van der Waals surface area contributed by atoms with Crippen LogP contribution in [0.25, 0.3) is 0 Å². The van der Waals surface area contributed by atoms with Gasteiger partial charge in [-0.3, -0.25) is 0 Å². The van der Waals surface area contributed by atoms with Crippen LogP contribution in [0.5, 0.6) is 0 Å². The van der Waals surface area contributed by atoms with Crippen molar-refractivity contribution in [3.8, 4) is 0 Å². The molecule has 0 amide bonds. The van der Waals surface area contributed by atoms with Gasteiger partial charge in [-0.05, 0) is 27.1 Å². The third kappa shape index (κ3) is 6.31. The number of rotatable bonds is 3. The van der Waals surface area contributed by atoms with Gasteiger partial charge in [-0.2, -0.15) is 0 Å². The van der Waals surface area contributed by atoms with Gasteiger partial charge < -0.3 is 4.90 Å². The zero-order valence-corrected chi connectivity index (χ0v) is 5.79. The van der Waals surface area contributed by atoms with Crippen LogP contribution in [0, 0.1) is 0 Å². The van der Waals surface area contributed by atoms with Gasteiger partial charge >= 0.3 is 0 Å². The molecule has 0 aromatic carbocycles. The van der Waals surface area contributed by atoms with Crippen molar-refractivity contribution >= 4 is 12.6 Å². The summed E-state index contributed by atoms with van der Waals surface area (Å²) in [5, 5.41) is 0. The van der Waals surface area contributed by atoms with Crippen molar-refractivity contribution in [3.63, 3.8) is 0 Å². The van der Waals surface area contributed by atoms with Gasteiger partial charge in [0, 0.05) is 5.75 Å². The fourth-order valence-electron chi connectivity index (χ4n) is 0.381. The molecule has 0 N–H and O–H groups in total. The fourth-order valence-corrected chi connectivity index (χ4v) is 0.510. The highest BCUT2D eigenvalue weighted by molar-refractivity contribution is 7.80. The molecular formula is C5H12NS. The molecule has 1 radical (unpaired) electrons. The maximum atomic E-state index is 4.74. The summed E-state index contributed by atoms with van der Waals surface area (Å²) in [5.74, 6) is 0.887. The van der Waals surface area contributed by atoms with E-state index in [0.29, 0.717) is 0 Å². The predicted octanol–water partition coefficient (Wildman–Crippen LogP) is 1.14. The number of hydrogen-bond acceptors (Lipinski definition) is 1. The Morgan fingerprint density at radius 3 is 2.14 bits per heavy atom. The van der Waals surface area contributed by atoms with Crippen LogP contribution in [0.15, 0.2) is 0 Å². The van der Waals surface area contributed by atoms with E-state index >= 15 is 0 Å². The molecule has 0 heterocycles. The Labute approximate surface area is 51.1 Å². The van der Waals surface area contributed by atoms with Crippen LogP contribution in [-0.4, -0.2) is 31.3 Å². The van der Waals surface area contributed by atoms with Crippen LogP contribution in [0.1, 0.15) is 6.42 Å². The topological polar surface area (TPSA) is 3.24 Å². The van der Waals surface area contributed by atoms with Crippen LogP contribution >= 0.6 is 12.6 Å². The third-order valence-corrected chi connectivity index (χ3v) is 1.04. The molecule has 0 aromatic rings. The van der Waals surface area contributed by atoms with Gasteiger partial charge in [-0.1, -0.05) is 12.6 Å². The van der Waals surface area contributed by atoms with Crippen molar-refractivity contribution in [2.24, 2.45) is 0 Å². The first-order chi connectivity index (χ1) is 3.27. The average Bonchev–Trinajstić information content (AvgIpc) is 1.61. The lowest BCUT2D eigenvalue weighted by molar-refractivity contribution is 0.410. The molecule has 0 unspecified atom stereocenters. The van der Waals surface area contributed by atoms with Crippen LogP contribution in [0.2, 0.25) is 0 Å². The minimum atomic E-state index is 0.887. The largest absolute Gasteiger partial charge is 0.309 e. The maximum absolute atomic E-state index is 4.74. The highest BCUT2D eigenvalue weighted by Crippen LogP contribution is 1.84. The summed E-state index contributed by atoms with van der Waals surface area (Å²) in [7, 11) is 4.12. The Kier molecular flexibility index (Phi) is 4.67. The van der Waals surface area contributed by atoms with Gasteiger partial charge in [0.25, 0.3) is 0 Å². The predicted molar refractivity (Wildman–Crippen MR) is 35.6 cm³/mol. The van der Waals surface area contributed by atoms with Crippen LogP contribution in [0.4, 0.5) is 0 Å². The van der Waals surface area contributed by atoms with E-state index in [9.17, 15) is 0 Å². The van der Waals surface area contributed by atoms with E-state index in [1.165, 1.54) is 0 Å². The van der Waals surface area contributed by atoms with E-state index in [1.807, 2.05) is 0 Å². The third-order valence-electron chi connectivity index (χ3n) is 0.750. The standard InChI is InChI=1S/C5H12NS/c1-6(2)4-3-5-7/h3-5H2,1-2H3. The van der Waals surface area contributed by atoms with Crippen molar-refractivity contribution < 1.29 is 0 Å². The second-order valence-corrected chi connectivity index (χ2v) is 2.27. The fraction of sp³-hybridized carbons (Fsp3) is 1.00. The monoisotopic (exact) mass is 118 g/mol. The second kappa shape index (κ2) is 4.47. The Morgan fingerprint density at radius 1 is 1.43 bits per heavy atom. The minimum absolute atomic E-state index is 0.887. The Bertz CT molecular complexity index is 37.1. The molecule has 0 atom stereocenters. The molecule has 0 bridgehead atoms. The van der Waals surface area contributed by atoms with Crippen molar-refractivity contribution in [2.75, 3.05) is 26.4 Å². The highest BCUT2D eigenvalue weighted by atomic mass is 32.1. The number of nitrogens with zero attached hydrogens (tertiary/aromatic N) is 1. The van der Waals surface area contributed by atoms with Gasteiger partial charge in [0.1, 0.15) is 0 Å². The number of hydrogen-bond donors (Lipinski definition) is 0. The molecule has 0 fully saturated rings. The average molecular weight is 118 g/mol. The molecule has 7 heavy (non-hydrogen) atoms. The Balaban J connectivity index is 2.68. The first-order valence-electron chi connectivity index (χ1n) is 2.50. The van der Waals surface area contributed by atoms with Crippen LogP contribution in [0.3, 0.4) is 0 Å². The van der Waals surface area contributed by atoms with Gasteiger partial charge in [0.2, 0.25) is 0 Å². The van der Waals surface area contributed by atoms with Crippen LogP contribution in [-0.2, 0) is 0 Å². The normalized spacial score (nSPS) is 10.3. The lowest BCUT2D eigenvalue weighted by Crippen LogP contribution is -2.12. The van der Waals surface area contributed by atoms with Crippen molar-refractivity contribution in [1.29, 1.82) is 0 Å². The summed E-state index contributed by atoms with van der Waals surface area (Å²) in [4.78, 5) is 2.15. The van der Waals surface area contributed by atoms with E-state index in [2.05, 4.69) is 19.0 Å². The summed E-state index contributed by atoms with van der Waals surface area (Å²) in [6.07, 6.45) is 1.14. The molecule has 0 rings (SSSR count). The lowest BCUT2D eigenvalue weighted by atomic mass is 10.5.